The van der Waals surface area contributed by atoms with Gasteiger partial charge in [0, 0.05) is 19.1 Å². The molecule has 0 bridgehead atoms. The smallest absolute Gasteiger partial charge is 0.118 e. The van der Waals surface area contributed by atoms with E-state index in [9.17, 15) is 5.11 Å². The van der Waals surface area contributed by atoms with Crippen LogP contribution in [0.1, 0.15) is 31.4 Å². The van der Waals surface area contributed by atoms with E-state index in [4.69, 9.17) is 14.2 Å². The van der Waals surface area contributed by atoms with Crippen molar-refractivity contribution in [3.8, 4) is 5.75 Å². The monoisotopic (exact) mass is 372 g/mol. The predicted octanol–water partition coefficient (Wildman–Crippen LogP) is 4.45. The fourth-order valence-electron chi connectivity index (χ4n) is 3.11. The summed E-state index contributed by atoms with van der Waals surface area (Å²) in [4.78, 5) is 0. The van der Waals surface area contributed by atoms with Crippen molar-refractivity contribution in [3.63, 3.8) is 0 Å². The fraction of sp³-hybridized carbons (Fsp3) is 0.478. The number of benzene rings is 2. The maximum absolute atomic E-state index is 9.61. The van der Waals surface area contributed by atoms with Gasteiger partial charge in [0.1, 0.15) is 5.75 Å². The maximum atomic E-state index is 9.61. The average molecular weight is 373 g/mol. The molecule has 0 saturated carbocycles. The second kappa shape index (κ2) is 11.8. The molecule has 0 unspecified atom stereocenters. The van der Waals surface area contributed by atoms with Crippen LogP contribution in [0.15, 0.2) is 54.6 Å². The topological polar surface area (TPSA) is 47.9 Å². The highest BCUT2D eigenvalue weighted by atomic mass is 16.5. The number of hydrogen-bond donors (Lipinski definition) is 1. The lowest BCUT2D eigenvalue weighted by Gasteiger charge is -2.29. The van der Waals surface area contributed by atoms with Crippen LogP contribution in [0.4, 0.5) is 0 Å². The van der Waals surface area contributed by atoms with Crippen LogP contribution < -0.4 is 4.74 Å². The Morgan fingerprint density at radius 2 is 1.52 bits per heavy atom. The third-order valence-corrected chi connectivity index (χ3v) is 4.84. The standard InChI is InChI=1S/C23H32O4/c1-18(13-14-26-16-20-7-5-4-6-8-20)23(19(2)15-24)27-17-21-9-11-22(25-3)12-10-21/h4-12,18-19,23-24H,13-17H2,1-3H3/t18-,19+,23+/m0/s1. The lowest BCUT2D eigenvalue weighted by Crippen LogP contribution is -2.32. The van der Waals surface area contributed by atoms with Gasteiger partial charge >= 0.3 is 0 Å². The van der Waals surface area contributed by atoms with Gasteiger partial charge in [-0.2, -0.15) is 0 Å². The second-order valence-corrected chi connectivity index (χ2v) is 7.09. The van der Waals surface area contributed by atoms with Gasteiger partial charge in [-0.25, -0.2) is 0 Å². The van der Waals surface area contributed by atoms with E-state index in [1.54, 1.807) is 7.11 Å². The highest BCUT2D eigenvalue weighted by Crippen LogP contribution is 2.22. The Morgan fingerprint density at radius 3 is 2.15 bits per heavy atom. The Kier molecular flexibility index (Phi) is 9.32. The molecule has 2 rings (SSSR count). The highest BCUT2D eigenvalue weighted by Gasteiger charge is 2.24. The molecule has 3 atom stereocenters. The van der Waals surface area contributed by atoms with Gasteiger partial charge in [-0.1, -0.05) is 56.3 Å². The SMILES string of the molecule is COc1ccc(CO[C@@H]([C@H](C)CO)[C@@H](C)CCOCc2ccccc2)cc1. The number of hydrogen-bond acceptors (Lipinski definition) is 4. The average Bonchev–Trinajstić information content (AvgIpc) is 2.72. The summed E-state index contributed by atoms with van der Waals surface area (Å²) in [5.74, 6) is 1.21. The van der Waals surface area contributed by atoms with E-state index in [1.807, 2.05) is 49.4 Å². The summed E-state index contributed by atoms with van der Waals surface area (Å²) in [5, 5.41) is 9.61. The zero-order chi connectivity index (χ0) is 19.5. The molecule has 4 nitrogen and oxygen atoms in total. The van der Waals surface area contributed by atoms with Gasteiger partial charge in [-0.3, -0.25) is 0 Å². The van der Waals surface area contributed by atoms with Gasteiger partial charge in [-0.05, 0) is 35.6 Å². The van der Waals surface area contributed by atoms with Crippen molar-refractivity contribution in [2.45, 2.75) is 39.6 Å². The minimum atomic E-state index is -0.0163. The Balaban J connectivity index is 1.80. The van der Waals surface area contributed by atoms with E-state index in [-0.39, 0.29) is 18.6 Å². The molecule has 2 aromatic rings. The van der Waals surface area contributed by atoms with Crippen molar-refractivity contribution in [1.29, 1.82) is 0 Å². The number of aliphatic hydroxyl groups excluding tert-OH is 1. The summed E-state index contributed by atoms with van der Waals surface area (Å²) in [7, 11) is 1.66. The molecule has 27 heavy (non-hydrogen) atoms. The zero-order valence-corrected chi connectivity index (χ0v) is 16.6. The highest BCUT2D eigenvalue weighted by molar-refractivity contribution is 5.26. The number of ether oxygens (including phenoxy) is 3. The Labute approximate surface area is 163 Å². The van der Waals surface area contributed by atoms with Crippen LogP contribution in [0.5, 0.6) is 5.75 Å². The van der Waals surface area contributed by atoms with Gasteiger partial charge in [0.2, 0.25) is 0 Å². The summed E-state index contributed by atoms with van der Waals surface area (Å²) < 4.78 is 17.2. The molecule has 148 valence electrons. The normalized spacial score (nSPS) is 14.5. The molecule has 0 aliphatic heterocycles. The lowest BCUT2D eigenvalue weighted by molar-refractivity contribution is -0.0494. The molecule has 0 radical (unpaired) electrons. The largest absolute Gasteiger partial charge is 0.497 e. The third-order valence-electron chi connectivity index (χ3n) is 4.84. The van der Waals surface area contributed by atoms with Crippen molar-refractivity contribution in [2.24, 2.45) is 11.8 Å². The van der Waals surface area contributed by atoms with Crippen LogP contribution >= 0.6 is 0 Å². The first kappa shape index (κ1) is 21.4. The van der Waals surface area contributed by atoms with Crippen LogP contribution in [-0.2, 0) is 22.7 Å². The molecule has 1 N–H and O–H groups in total. The summed E-state index contributed by atoms with van der Waals surface area (Å²) in [6, 6.07) is 18.1. The van der Waals surface area contributed by atoms with Crippen molar-refractivity contribution in [3.05, 3.63) is 65.7 Å². The molecule has 0 aliphatic carbocycles. The van der Waals surface area contributed by atoms with Crippen molar-refractivity contribution < 1.29 is 19.3 Å². The van der Waals surface area contributed by atoms with Gasteiger partial charge in [-0.15, -0.1) is 0 Å². The van der Waals surface area contributed by atoms with Crippen LogP contribution in [0.3, 0.4) is 0 Å². The molecule has 0 fully saturated rings. The quantitative estimate of drug-likeness (QED) is 0.559. The van der Waals surface area contributed by atoms with Crippen LogP contribution in [0.2, 0.25) is 0 Å². The first-order chi connectivity index (χ1) is 13.1. The van der Waals surface area contributed by atoms with Crippen LogP contribution in [-0.4, -0.2) is 31.5 Å². The molecule has 4 heteroatoms. The zero-order valence-electron chi connectivity index (χ0n) is 16.6. The van der Waals surface area contributed by atoms with Crippen molar-refractivity contribution >= 4 is 0 Å². The van der Waals surface area contributed by atoms with Gasteiger partial charge in [0.15, 0.2) is 0 Å². The van der Waals surface area contributed by atoms with E-state index in [2.05, 4.69) is 19.1 Å². The summed E-state index contributed by atoms with van der Waals surface area (Å²) >= 11 is 0. The number of aliphatic hydroxyl groups is 1. The van der Waals surface area contributed by atoms with Crippen LogP contribution in [0, 0.1) is 11.8 Å². The summed E-state index contributed by atoms with van der Waals surface area (Å²) in [6.07, 6.45) is 0.877. The predicted molar refractivity (Wildman–Crippen MR) is 108 cm³/mol. The third kappa shape index (κ3) is 7.33. The van der Waals surface area contributed by atoms with E-state index in [1.165, 1.54) is 5.56 Å². The van der Waals surface area contributed by atoms with E-state index >= 15 is 0 Å². The molecule has 0 aromatic heterocycles. The van der Waals surface area contributed by atoms with Crippen molar-refractivity contribution in [1.82, 2.24) is 0 Å². The van der Waals surface area contributed by atoms with Crippen LogP contribution in [0.25, 0.3) is 0 Å². The van der Waals surface area contributed by atoms with E-state index in [0.29, 0.717) is 25.7 Å². The van der Waals surface area contributed by atoms with Crippen molar-refractivity contribution in [2.75, 3.05) is 20.3 Å². The molecule has 0 spiro atoms. The minimum Gasteiger partial charge on any atom is -0.497 e. The molecule has 0 heterocycles. The molecule has 0 amide bonds. The van der Waals surface area contributed by atoms with Gasteiger partial charge in [0.25, 0.3) is 0 Å². The first-order valence-electron chi connectivity index (χ1n) is 9.61. The Hall–Kier alpha value is -1.88. The minimum absolute atomic E-state index is 0.0163. The first-order valence-corrected chi connectivity index (χ1v) is 9.61. The molecular weight excluding hydrogens is 340 g/mol. The van der Waals surface area contributed by atoms with E-state index < -0.39 is 0 Å². The fourth-order valence-corrected chi connectivity index (χ4v) is 3.11. The molecule has 2 aromatic carbocycles. The number of rotatable bonds is 12. The second-order valence-electron chi connectivity index (χ2n) is 7.09. The molecule has 0 aliphatic rings. The van der Waals surface area contributed by atoms with Gasteiger partial charge in [0.05, 0.1) is 26.4 Å². The Bertz CT molecular complexity index is 627. The van der Waals surface area contributed by atoms with Gasteiger partial charge < -0.3 is 19.3 Å². The summed E-state index contributed by atoms with van der Waals surface area (Å²) in [6.45, 7) is 6.13. The number of methoxy groups -OCH3 is 1. The Morgan fingerprint density at radius 1 is 0.852 bits per heavy atom. The van der Waals surface area contributed by atoms with E-state index in [0.717, 1.165) is 17.7 Å². The molecular formula is C23H32O4. The summed E-state index contributed by atoms with van der Waals surface area (Å²) in [5.41, 5.74) is 2.28. The maximum Gasteiger partial charge on any atom is 0.118 e. The lowest BCUT2D eigenvalue weighted by atomic mass is 9.91. The molecule has 0 saturated heterocycles.